The van der Waals surface area contributed by atoms with Crippen molar-refractivity contribution in [3.05, 3.63) is 29.3 Å². The number of carbonyl (C=O) groups is 1. The predicted octanol–water partition coefficient (Wildman–Crippen LogP) is 1.40. The summed E-state index contributed by atoms with van der Waals surface area (Å²) in [5.41, 5.74) is 1.98. The highest BCUT2D eigenvalue weighted by molar-refractivity contribution is 5.75. The first-order valence-electron chi connectivity index (χ1n) is 7.16. The summed E-state index contributed by atoms with van der Waals surface area (Å²) in [6.07, 6.45) is 2.49. The van der Waals surface area contributed by atoms with Gasteiger partial charge in [-0.05, 0) is 36.5 Å². The maximum absolute atomic E-state index is 12.2. The lowest BCUT2D eigenvalue weighted by atomic mass is 10.1. The van der Waals surface area contributed by atoms with Crippen LogP contribution in [0.2, 0.25) is 0 Å². The number of hydrogen-bond acceptors (Lipinski definition) is 3. The summed E-state index contributed by atoms with van der Waals surface area (Å²) in [7, 11) is 0. The highest BCUT2D eigenvalue weighted by atomic mass is 16.3. The molecule has 1 fully saturated rings. The topological polar surface area (TPSA) is 72.8 Å². The second kappa shape index (κ2) is 5.32. The van der Waals surface area contributed by atoms with Gasteiger partial charge in [-0.3, -0.25) is 0 Å². The van der Waals surface area contributed by atoms with Crippen LogP contribution in [0.5, 0.6) is 5.75 Å². The van der Waals surface area contributed by atoms with Crippen molar-refractivity contribution in [1.29, 1.82) is 0 Å². The molecule has 0 aromatic heterocycles. The summed E-state index contributed by atoms with van der Waals surface area (Å²) in [6, 6.07) is 5.39. The molecule has 0 saturated carbocycles. The molecule has 2 unspecified atom stereocenters. The normalized spacial score (nSPS) is 24.8. The molecular weight excluding hydrogens is 256 g/mol. The highest BCUT2D eigenvalue weighted by Crippen LogP contribution is 2.36. The molecular formula is C15H20N2O3. The monoisotopic (exact) mass is 276 g/mol. The van der Waals surface area contributed by atoms with Crippen LogP contribution in [-0.2, 0) is 6.42 Å². The Bertz CT molecular complexity index is 518. The van der Waals surface area contributed by atoms with E-state index in [1.165, 1.54) is 0 Å². The fraction of sp³-hybridized carbons (Fsp3) is 0.533. The number of phenols is 1. The average Bonchev–Trinajstić information content (AvgIpc) is 3.07. The van der Waals surface area contributed by atoms with E-state index in [1.807, 2.05) is 12.1 Å². The molecule has 2 amide bonds. The van der Waals surface area contributed by atoms with Gasteiger partial charge in [-0.2, -0.15) is 0 Å². The number of aliphatic hydroxyl groups excluding tert-OH is 1. The third-order valence-electron chi connectivity index (χ3n) is 4.37. The molecule has 2 atom stereocenters. The smallest absolute Gasteiger partial charge is 0.317 e. The quantitative estimate of drug-likeness (QED) is 0.764. The van der Waals surface area contributed by atoms with Crippen LogP contribution in [0.1, 0.15) is 30.0 Å². The van der Waals surface area contributed by atoms with Gasteiger partial charge in [0, 0.05) is 25.6 Å². The fourth-order valence-electron chi connectivity index (χ4n) is 3.19. The molecule has 0 radical (unpaired) electrons. The molecule has 20 heavy (non-hydrogen) atoms. The minimum absolute atomic E-state index is 0.0159. The molecule has 1 heterocycles. The zero-order chi connectivity index (χ0) is 14.1. The Hall–Kier alpha value is -1.75. The van der Waals surface area contributed by atoms with Gasteiger partial charge in [0.05, 0.1) is 6.04 Å². The molecule has 1 saturated heterocycles. The number of fused-ring (bicyclic) bond motifs is 1. The van der Waals surface area contributed by atoms with E-state index in [4.69, 9.17) is 5.11 Å². The van der Waals surface area contributed by atoms with E-state index < -0.39 is 0 Å². The lowest BCUT2D eigenvalue weighted by Crippen LogP contribution is -2.40. The van der Waals surface area contributed by atoms with E-state index in [0.29, 0.717) is 18.8 Å². The van der Waals surface area contributed by atoms with Crippen LogP contribution in [0.3, 0.4) is 0 Å². The van der Waals surface area contributed by atoms with Gasteiger partial charge in [0.2, 0.25) is 0 Å². The van der Waals surface area contributed by atoms with Crippen LogP contribution in [-0.4, -0.2) is 40.8 Å². The number of carbonyl (C=O) groups excluding carboxylic acids is 1. The molecule has 1 aliphatic heterocycles. The van der Waals surface area contributed by atoms with Gasteiger partial charge < -0.3 is 20.4 Å². The highest BCUT2D eigenvalue weighted by Gasteiger charge is 2.30. The first-order chi connectivity index (χ1) is 9.69. The largest absolute Gasteiger partial charge is 0.508 e. The number of benzene rings is 1. The van der Waals surface area contributed by atoms with E-state index in [-0.39, 0.29) is 24.6 Å². The van der Waals surface area contributed by atoms with Crippen LogP contribution in [0.25, 0.3) is 0 Å². The minimum Gasteiger partial charge on any atom is -0.508 e. The van der Waals surface area contributed by atoms with E-state index >= 15 is 0 Å². The molecule has 5 heteroatoms. The van der Waals surface area contributed by atoms with Gasteiger partial charge in [-0.15, -0.1) is 0 Å². The van der Waals surface area contributed by atoms with Crippen molar-refractivity contribution < 1.29 is 15.0 Å². The number of nitrogens with one attached hydrogen (secondary N) is 1. The number of amides is 2. The molecule has 1 aromatic rings. The standard InChI is InChI=1S/C15H20N2O3/c18-9-10-6-7-17(8-10)15(20)16-13-5-4-12-11(13)2-1-3-14(12)19/h1-3,10,13,18-19H,4-9H2,(H,16,20). The summed E-state index contributed by atoms with van der Waals surface area (Å²) < 4.78 is 0. The van der Waals surface area contributed by atoms with Crippen molar-refractivity contribution in [2.24, 2.45) is 5.92 Å². The van der Waals surface area contributed by atoms with Crippen molar-refractivity contribution in [3.8, 4) is 5.75 Å². The van der Waals surface area contributed by atoms with Gasteiger partial charge in [0.15, 0.2) is 0 Å². The Balaban J connectivity index is 1.66. The van der Waals surface area contributed by atoms with Crippen molar-refractivity contribution in [2.75, 3.05) is 19.7 Å². The van der Waals surface area contributed by atoms with E-state index in [1.54, 1.807) is 11.0 Å². The van der Waals surface area contributed by atoms with Crippen molar-refractivity contribution in [1.82, 2.24) is 10.2 Å². The number of rotatable bonds is 2. The first-order valence-corrected chi connectivity index (χ1v) is 7.16. The summed E-state index contributed by atoms with van der Waals surface area (Å²) >= 11 is 0. The number of hydrogen-bond donors (Lipinski definition) is 3. The first kappa shape index (κ1) is 13.2. The zero-order valence-electron chi connectivity index (χ0n) is 11.4. The number of likely N-dealkylation sites (tertiary alicyclic amines) is 1. The third kappa shape index (κ3) is 2.33. The number of aliphatic hydroxyl groups is 1. The molecule has 108 valence electrons. The molecule has 1 aromatic carbocycles. The van der Waals surface area contributed by atoms with E-state index in [0.717, 1.165) is 30.4 Å². The molecule has 0 bridgehead atoms. The second-order valence-electron chi connectivity index (χ2n) is 5.67. The zero-order valence-corrected chi connectivity index (χ0v) is 11.4. The van der Waals surface area contributed by atoms with Gasteiger partial charge in [-0.1, -0.05) is 12.1 Å². The Labute approximate surface area is 118 Å². The lowest BCUT2D eigenvalue weighted by Gasteiger charge is -2.21. The summed E-state index contributed by atoms with van der Waals surface area (Å²) in [6.45, 7) is 1.47. The molecule has 3 N–H and O–H groups in total. The van der Waals surface area contributed by atoms with Gasteiger partial charge in [0.25, 0.3) is 0 Å². The third-order valence-corrected chi connectivity index (χ3v) is 4.37. The fourth-order valence-corrected chi connectivity index (χ4v) is 3.19. The Morgan fingerprint density at radius 3 is 3.00 bits per heavy atom. The van der Waals surface area contributed by atoms with Crippen molar-refractivity contribution in [3.63, 3.8) is 0 Å². The Kier molecular flexibility index (Phi) is 3.53. The lowest BCUT2D eigenvalue weighted by molar-refractivity contribution is 0.195. The summed E-state index contributed by atoms with van der Waals surface area (Å²) in [5, 5.41) is 22.0. The van der Waals surface area contributed by atoms with Gasteiger partial charge in [-0.25, -0.2) is 4.79 Å². The minimum atomic E-state index is -0.0675. The molecule has 5 nitrogen and oxygen atoms in total. The molecule has 2 aliphatic rings. The Morgan fingerprint density at radius 2 is 2.25 bits per heavy atom. The summed E-state index contributed by atoms with van der Waals surface area (Å²) in [4.78, 5) is 14.0. The van der Waals surface area contributed by atoms with Gasteiger partial charge >= 0.3 is 6.03 Å². The maximum Gasteiger partial charge on any atom is 0.317 e. The Morgan fingerprint density at radius 1 is 1.40 bits per heavy atom. The van der Waals surface area contributed by atoms with Crippen LogP contribution in [0, 0.1) is 5.92 Å². The number of aromatic hydroxyl groups is 1. The molecule has 0 spiro atoms. The van der Waals surface area contributed by atoms with Crippen LogP contribution >= 0.6 is 0 Å². The number of phenolic OH excluding ortho intramolecular Hbond substituents is 1. The molecule has 3 rings (SSSR count). The maximum atomic E-state index is 12.2. The summed E-state index contributed by atoms with van der Waals surface area (Å²) in [5.74, 6) is 0.529. The predicted molar refractivity (Wildman–Crippen MR) is 74.5 cm³/mol. The van der Waals surface area contributed by atoms with E-state index in [9.17, 15) is 9.90 Å². The van der Waals surface area contributed by atoms with Crippen LogP contribution < -0.4 is 5.32 Å². The number of nitrogens with zero attached hydrogens (tertiary/aromatic N) is 1. The van der Waals surface area contributed by atoms with Crippen LogP contribution in [0.4, 0.5) is 4.79 Å². The second-order valence-corrected chi connectivity index (χ2v) is 5.67. The van der Waals surface area contributed by atoms with Crippen LogP contribution in [0.15, 0.2) is 18.2 Å². The number of urea groups is 1. The van der Waals surface area contributed by atoms with Crippen molar-refractivity contribution in [2.45, 2.75) is 25.3 Å². The average molecular weight is 276 g/mol. The van der Waals surface area contributed by atoms with E-state index in [2.05, 4.69) is 5.32 Å². The SMILES string of the molecule is O=C(NC1CCc2c(O)cccc21)N1CCC(CO)C1. The van der Waals surface area contributed by atoms with Crippen molar-refractivity contribution >= 4 is 6.03 Å². The molecule has 1 aliphatic carbocycles. The van der Waals surface area contributed by atoms with Gasteiger partial charge in [0.1, 0.15) is 5.75 Å².